The number of aromatic nitrogens is 1. The number of Topliss-reactive ketones (excluding diaryl/α,β-unsaturated/α-hetero) is 1. The summed E-state index contributed by atoms with van der Waals surface area (Å²) in [6.45, 7) is 3.57. The molecule has 1 aromatic carbocycles. The quantitative estimate of drug-likeness (QED) is 0.940. The van der Waals surface area contributed by atoms with Gasteiger partial charge >= 0.3 is 0 Å². The highest BCUT2D eigenvalue weighted by molar-refractivity contribution is 6.30. The van der Waals surface area contributed by atoms with E-state index in [1.807, 2.05) is 6.92 Å². The van der Waals surface area contributed by atoms with E-state index >= 15 is 0 Å². The Hall–Kier alpha value is -1.71. The minimum atomic E-state index is -1.71. The van der Waals surface area contributed by atoms with Crippen LogP contribution in [-0.2, 0) is 10.4 Å². The van der Waals surface area contributed by atoms with Gasteiger partial charge in [0.05, 0.1) is 0 Å². The summed E-state index contributed by atoms with van der Waals surface area (Å²) in [6, 6.07) is 8.56. The van der Waals surface area contributed by atoms with Gasteiger partial charge in [-0.05, 0) is 30.7 Å². The standard InChI is InChI=1S/C16H16ClNO2/c1-3-15(19)16(20,12-5-4-8-18-10-12)14-9-13(17)7-6-11(14)2/h4-10,20H,3H2,1-2H3. The largest absolute Gasteiger partial charge is 0.373 e. The van der Waals surface area contributed by atoms with Gasteiger partial charge in [-0.3, -0.25) is 9.78 Å². The van der Waals surface area contributed by atoms with Crippen LogP contribution >= 0.6 is 11.6 Å². The first kappa shape index (κ1) is 14.7. The first-order valence-corrected chi connectivity index (χ1v) is 6.80. The van der Waals surface area contributed by atoms with Crippen LogP contribution in [0.4, 0.5) is 0 Å². The van der Waals surface area contributed by atoms with Crippen molar-refractivity contribution in [2.75, 3.05) is 0 Å². The molecule has 2 rings (SSSR count). The van der Waals surface area contributed by atoms with E-state index in [0.717, 1.165) is 5.56 Å². The Morgan fingerprint density at radius 3 is 2.75 bits per heavy atom. The fourth-order valence-electron chi connectivity index (χ4n) is 2.28. The SMILES string of the molecule is CCC(=O)C(O)(c1cccnc1)c1cc(Cl)ccc1C. The summed E-state index contributed by atoms with van der Waals surface area (Å²) in [6.07, 6.45) is 3.33. The number of benzene rings is 1. The Balaban J connectivity index is 2.70. The molecule has 4 heteroatoms. The van der Waals surface area contributed by atoms with Crippen molar-refractivity contribution < 1.29 is 9.90 Å². The van der Waals surface area contributed by atoms with Gasteiger partial charge in [-0.15, -0.1) is 0 Å². The molecule has 1 aromatic heterocycles. The van der Waals surface area contributed by atoms with Crippen molar-refractivity contribution in [1.29, 1.82) is 0 Å². The molecule has 0 aliphatic rings. The molecule has 0 saturated heterocycles. The summed E-state index contributed by atoms with van der Waals surface area (Å²) in [5.41, 5.74) is 0.0578. The highest BCUT2D eigenvalue weighted by Gasteiger charge is 2.39. The van der Waals surface area contributed by atoms with Crippen molar-refractivity contribution in [3.63, 3.8) is 0 Å². The summed E-state index contributed by atoms with van der Waals surface area (Å²) in [4.78, 5) is 16.4. The third-order valence-electron chi connectivity index (χ3n) is 3.39. The van der Waals surface area contributed by atoms with Crippen LogP contribution in [0.2, 0.25) is 5.02 Å². The van der Waals surface area contributed by atoms with Crippen LogP contribution in [0.3, 0.4) is 0 Å². The molecule has 0 radical (unpaired) electrons. The number of carbonyl (C=O) groups excluding carboxylic acids is 1. The number of aryl methyl sites for hydroxylation is 1. The number of rotatable bonds is 4. The number of carbonyl (C=O) groups is 1. The maximum atomic E-state index is 12.4. The van der Waals surface area contributed by atoms with Gasteiger partial charge in [-0.1, -0.05) is 30.7 Å². The zero-order valence-electron chi connectivity index (χ0n) is 11.4. The second kappa shape index (κ2) is 5.73. The van der Waals surface area contributed by atoms with E-state index < -0.39 is 5.60 Å². The molecule has 1 atom stereocenters. The molecule has 0 fully saturated rings. The van der Waals surface area contributed by atoms with Crippen LogP contribution in [0, 0.1) is 6.92 Å². The number of hydrogen-bond donors (Lipinski definition) is 1. The molecule has 0 amide bonds. The summed E-state index contributed by atoms with van der Waals surface area (Å²) in [5.74, 6) is -0.282. The van der Waals surface area contributed by atoms with Crippen LogP contribution in [0.25, 0.3) is 0 Å². The molecular formula is C16H16ClNO2. The molecule has 1 N–H and O–H groups in total. The van der Waals surface area contributed by atoms with Gasteiger partial charge in [0.1, 0.15) is 0 Å². The van der Waals surface area contributed by atoms with Crippen LogP contribution in [-0.4, -0.2) is 15.9 Å². The first-order valence-electron chi connectivity index (χ1n) is 6.43. The lowest BCUT2D eigenvalue weighted by Crippen LogP contribution is -2.37. The Morgan fingerprint density at radius 1 is 1.40 bits per heavy atom. The predicted octanol–water partition coefficient (Wildman–Crippen LogP) is 3.26. The smallest absolute Gasteiger partial charge is 0.175 e. The van der Waals surface area contributed by atoms with Gasteiger partial charge in [-0.2, -0.15) is 0 Å². The molecule has 0 bridgehead atoms. The lowest BCUT2D eigenvalue weighted by atomic mass is 9.80. The monoisotopic (exact) mass is 289 g/mol. The molecule has 2 aromatic rings. The summed E-state index contributed by atoms with van der Waals surface area (Å²) >= 11 is 6.02. The molecule has 0 spiro atoms. The summed E-state index contributed by atoms with van der Waals surface area (Å²) in [7, 11) is 0. The average molecular weight is 290 g/mol. The third-order valence-corrected chi connectivity index (χ3v) is 3.63. The Labute approximate surface area is 123 Å². The topological polar surface area (TPSA) is 50.2 Å². The maximum Gasteiger partial charge on any atom is 0.175 e. The molecule has 104 valence electrons. The molecule has 0 saturated carbocycles. The third kappa shape index (κ3) is 2.47. The zero-order valence-corrected chi connectivity index (χ0v) is 12.2. The van der Waals surface area contributed by atoms with E-state index in [0.29, 0.717) is 16.1 Å². The molecule has 1 heterocycles. The van der Waals surface area contributed by atoms with Crippen molar-refractivity contribution in [1.82, 2.24) is 4.98 Å². The summed E-state index contributed by atoms with van der Waals surface area (Å²) in [5, 5.41) is 11.6. The number of ketones is 1. The second-order valence-electron chi connectivity index (χ2n) is 4.69. The lowest BCUT2D eigenvalue weighted by molar-refractivity contribution is -0.134. The van der Waals surface area contributed by atoms with Crippen molar-refractivity contribution in [2.45, 2.75) is 25.9 Å². The van der Waals surface area contributed by atoms with Crippen molar-refractivity contribution in [3.05, 3.63) is 64.4 Å². The molecule has 0 aliphatic carbocycles. The minimum absolute atomic E-state index is 0.220. The van der Waals surface area contributed by atoms with E-state index in [1.54, 1.807) is 43.5 Å². The van der Waals surface area contributed by atoms with Crippen LogP contribution in [0.5, 0.6) is 0 Å². The van der Waals surface area contributed by atoms with Gasteiger partial charge in [0.15, 0.2) is 11.4 Å². The number of nitrogens with zero attached hydrogens (tertiary/aromatic N) is 1. The lowest BCUT2D eigenvalue weighted by Gasteiger charge is -2.28. The van der Waals surface area contributed by atoms with Gasteiger partial charge < -0.3 is 5.11 Å². The van der Waals surface area contributed by atoms with E-state index in [-0.39, 0.29) is 12.2 Å². The average Bonchev–Trinajstić information content (AvgIpc) is 2.49. The minimum Gasteiger partial charge on any atom is -0.373 e. The Bertz CT molecular complexity index is 628. The van der Waals surface area contributed by atoms with E-state index in [4.69, 9.17) is 11.6 Å². The highest BCUT2D eigenvalue weighted by atomic mass is 35.5. The maximum absolute atomic E-state index is 12.4. The highest BCUT2D eigenvalue weighted by Crippen LogP contribution is 2.34. The van der Waals surface area contributed by atoms with Gasteiger partial charge in [0, 0.05) is 35.0 Å². The van der Waals surface area contributed by atoms with E-state index in [1.165, 1.54) is 6.20 Å². The van der Waals surface area contributed by atoms with Crippen molar-refractivity contribution >= 4 is 17.4 Å². The molecule has 3 nitrogen and oxygen atoms in total. The number of pyridine rings is 1. The van der Waals surface area contributed by atoms with Gasteiger partial charge in [0.2, 0.25) is 0 Å². The fraction of sp³-hybridized carbons (Fsp3) is 0.250. The first-order chi connectivity index (χ1) is 9.50. The fourth-order valence-corrected chi connectivity index (χ4v) is 2.46. The van der Waals surface area contributed by atoms with Crippen LogP contribution in [0.1, 0.15) is 30.0 Å². The van der Waals surface area contributed by atoms with Crippen LogP contribution in [0.15, 0.2) is 42.7 Å². The van der Waals surface area contributed by atoms with Gasteiger partial charge in [0.25, 0.3) is 0 Å². The molecular weight excluding hydrogens is 274 g/mol. The van der Waals surface area contributed by atoms with Crippen molar-refractivity contribution in [2.24, 2.45) is 0 Å². The van der Waals surface area contributed by atoms with Crippen molar-refractivity contribution in [3.8, 4) is 0 Å². The Kier molecular flexibility index (Phi) is 4.21. The van der Waals surface area contributed by atoms with E-state index in [2.05, 4.69) is 4.98 Å². The number of hydrogen-bond acceptors (Lipinski definition) is 3. The zero-order chi connectivity index (χ0) is 14.8. The number of halogens is 1. The predicted molar refractivity (Wildman–Crippen MR) is 78.7 cm³/mol. The second-order valence-corrected chi connectivity index (χ2v) is 5.12. The molecule has 20 heavy (non-hydrogen) atoms. The summed E-state index contributed by atoms with van der Waals surface area (Å²) < 4.78 is 0. The normalized spacial score (nSPS) is 13.8. The van der Waals surface area contributed by atoms with Crippen LogP contribution < -0.4 is 0 Å². The van der Waals surface area contributed by atoms with Gasteiger partial charge in [-0.25, -0.2) is 0 Å². The number of aliphatic hydroxyl groups is 1. The molecule has 0 aliphatic heterocycles. The van der Waals surface area contributed by atoms with E-state index in [9.17, 15) is 9.90 Å². The molecule has 1 unspecified atom stereocenters. The Morgan fingerprint density at radius 2 is 2.15 bits per heavy atom.